The molecule has 2 aliphatic rings. The second-order valence-electron chi connectivity index (χ2n) is 8.45. The maximum Gasteiger partial charge on any atom is 0.267 e. The van der Waals surface area contributed by atoms with Crippen LogP contribution < -0.4 is 24.4 Å². The molecular weight excluding hydrogens is 396 g/mol. The summed E-state index contributed by atoms with van der Waals surface area (Å²) < 4.78 is 17.5. The normalized spacial score (nSPS) is 18.5. The van der Waals surface area contributed by atoms with Gasteiger partial charge in [-0.3, -0.25) is 9.59 Å². The van der Waals surface area contributed by atoms with Crippen molar-refractivity contribution >= 4 is 17.5 Å². The van der Waals surface area contributed by atoms with Crippen molar-refractivity contribution in [3.63, 3.8) is 0 Å². The van der Waals surface area contributed by atoms with Gasteiger partial charge in [-0.1, -0.05) is 24.3 Å². The predicted molar refractivity (Wildman–Crippen MR) is 117 cm³/mol. The van der Waals surface area contributed by atoms with Crippen molar-refractivity contribution in [3.05, 3.63) is 48.0 Å². The summed E-state index contributed by atoms with van der Waals surface area (Å²) >= 11 is 0. The van der Waals surface area contributed by atoms with E-state index in [4.69, 9.17) is 14.2 Å². The lowest BCUT2D eigenvalue weighted by atomic mass is 10.0. The van der Waals surface area contributed by atoms with Crippen LogP contribution in [0.15, 0.2) is 42.5 Å². The molecule has 2 aromatic rings. The van der Waals surface area contributed by atoms with E-state index in [2.05, 4.69) is 19.2 Å². The van der Waals surface area contributed by atoms with Crippen LogP contribution in [-0.2, 0) is 16.0 Å². The SMILES string of the molecule is CC1Oc2ccccc2N(CCC(=O)NCCOc2cccc3c2OC(C)(C)C3)C1=O. The first-order chi connectivity index (χ1) is 14.8. The number of carbonyl (C=O) groups is 2. The first-order valence-electron chi connectivity index (χ1n) is 10.6. The second-order valence-corrected chi connectivity index (χ2v) is 8.45. The Morgan fingerprint density at radius 1 is 1.23 bits per heavy atom. The number of hydrogen-bond donors (Lipinski definition) is 1. The largest absolute Gasteiger partial charge is 0.488 e. The van der Waals surface area contributed by atoms with Crippen molar-refractivity contribution in [2.45, 2.75) is 45.3 Å². The highest BCUT2D eigenvalue weighted by atomic mass is 16.5. The molecule has 0 fully saturated rings. The molecule has 0 saturated carbocycles. The van der Waals surface area contributed by atoms with Gasteiger partial charge in [-0.25, -0.2) is 0 Å². The van der Waals surface area contributed by atoms with Gasteiger partial charge in [-0.15, -0.1) is 0 Å². The van der Waals surface area contributed by atoms with Gasteiger partial charge in [-0.05, 0) is 39.0 Å². The Labute approximate surface area is 182 Å². The fraction of sp³-hybridized carbons (Fsp3) is 0.417. The number of amides is 2. The molecule has 0 aromatic heterocycles. The summed E-state index contributed by atoms with van der Waals surface area (Å²) in [6.07, 6.45) is 0.481. The third-order valence-electron chi connectivity index (χ3n) is 5.37. The minimum atomic E-state index is -0.564. The smallest absolute Gasteiger partial charge is 0.267 e. The Balaban J connectivity index is 1.25. The zero-order valence-corrected chi connectivity index (χ0v) is 18.1. The average Bonchev–Trinajstić information content (AvgIpc) is 3.06. The Morgan fingerprint density at radius 2 is 2.03 bits per heavy atom. The summed E-state index contributed by atoms with van der Waals surface area (Å²) in [5.74, 6) is 1.86. The number of benzene rings is 2. The minimum Gasteiger partial charge on any atom is -0.488 e. The topological polar surface area (TPSA) is 77.1 Å². The van der Waals surface area contributed by atoms with E-state index < -0.39 is 6.10 Å². The van der Waals surface area contributed by atoms with E-state index in [0.717, 1.165) is 17.7 Å². The van der Waals surface area contributed by atoms with E-state index in [-0.39, 0.29) is 23.8 Å². The van der Waals surface area contributed by atoms with Gasteiger partial charge in [0, 0.05) is 24.9 Å². The fourth-order valence-electron chi connectivity index (χ4n) is 3.94. The van der Waals surface area contributed by atoms with Gasteiger partial charge in [-0.2, -0.15) is 0 Å². The van der Waals surface area contributed by atoms with Gasteiger partial charge >= 0.3 is 0 Å². The van der Waals surface area contributed by atoms with E-state index in [1.165, 1.54) is 0 Å². The number of anilines is 1. The molecule has 2 heterocycles. The van der Waals surface area contributed by atoms with Gasteiger partial charge in [0.15, 0.2) is 17.6 Å². The van der Waals surface area contributed by atoms with E-state index in [0.29, 0.717) is 36.9 Å². The van der Waals surface area contributed by atoms with Crippen molar-refractivity contribution in [2.24, 2.45) is 0 Å². The first-order valence-corrected chi connectivity index (χ1v) is 10.6. The van der Waals surface area contributed by atoms with Crippen LogP contribution in [0, 0.1) is 0 Å². The fourth-order valence-corrected chi connectivity index (χ4v) is 3.94. The molecule has 1 unspecified atom stereocenters. The first kappa shape index (κ1) is 21.0. The Kier molecular flexibility index (Phi) is 5.76. The van der Waals surface area contributed by atoms with Crippen LogP contribution in [0.2, 0.25) is 0 Å². The van der Waals surface area contributed by atoms with E-state index in [9.17, 15) is 9.59 Å². The molecule has 1 atom stereocenters. The molecule has 0 radical (unpaired) electrons. The van der Waals surface area contributed by atoms with E-state index >= 15 is 0 Å². The quantitative estimate of drug-likeness (QED) is 0.691. The van der Waals surface area contributed by atoms with Crippen molar-refractivity contribution in [1.82, 2.24) is 5.32 Å². The molecule has 0 aliphatic carbocycles. The van der Waals surface area contributed by atoms with Crippen molar-refractivity contribution in [2.75, 3.05) is 24.6 Å². The van der Waals surface area contributed by atoms with Crippen LogP contribution in [0.4, 0.5) is 5.69 Å². The molecule has 31 heavy (non-hydrogen) atoms. The summed E-state index contributed by atoms with van der Waals surface area (Å²) in [6.45, 7) is 6.82. The highest BCUT2D eigenvalue weighted by Gasteiger charge is 2.33. The van der Waals surface area contributed by atoms with E-state index in [1.54, 1.807) is 11.8 Å². The van der Waals surface area contributed by atoms with Gasteiger partial charge in [0.2, 0.25) is 5.91 Å². The standard InChI is InChI=1S/C24H28N2O5/c1-16-23(28)26(18-8-4-5-9-19(18)30-16)13-11-21(27)25-12-14-29-20-10-6-7-17-15-24(2,3)31-22(17)20/h4-10,16H,11-15H2,1-3H3,(H,25,27). The van der Waals surface area contributed by atoms with Crippen molar-refractivity contribution < 1.29 is 23.8 Å². The molecular formula is C24H28N2O5. The zero-order valence-electron chi connectivity index (χ0n) is 18.1. The van der Waals surface area contributed by atoms with Crippen molar-refractivity contribution in [1.29, 1.82) is 0 Å². The maximum absolute atomic E-state index is 12.5. The molecule has 0 bridgehead atoms. The summed E-state index contributed by atoms with van der Waals surface area (Å²) in [7, 11) is 0. The van der Waals surface area contributed by atoms with Crippen LogP contribution in [-0.4, -0.2) is 43.2 Å². The molecule has 1 N–H and O–H groups in total. The molecule has 164 valence electrons. The third-order valence-corrected chi connectivity index (χ3v) is 5.37. The third kappa shape index (κ3) is 4.60. The molecule has 0 saturated heterocycles. The number of nitrogens with zero attached hydrogens (tertiary/aromatic N) is 1. The Hall–Kier alpha value is -3.22. The second kappa shape index (κ2) is 8.49. The zero-order chi connectivity index (χ0) is 22.0. The molecule has 7 nitrogen and oxygen atoms in total. The number of rotatable bonds is 7. The predicted octanol–water partition coefficient (Wildman–Crippen LogP) is 3.10. The average molecular weight is 424 g/mol. The number of carbonyl (C=O) groups excluding carboxylic acids is 2. The molecule has 2 aromatic carbocycles. The van der Waals surface area contributed by atoms with Crippen LogP contribution >= 0.6 is 0 Å². The molecule has 4 rings (SSSR count). The maximum atomic E-state index is 12.5. The number of fused-ring (bicyclic) bond motifs is 2. The van der Waals surface area contributed by atoms with Gasteiger partial charge in [0.25, 0.3) is 5.91 Å². The number of hydrogen-bond acceptors (Lipinski definition) is 5. The van der Waals surface area contributed by atoms with Crippen LogP contribution in [0.1, 0.15) is 32.8 Å². The van der Waals surface area contributed by atoms with Crippen LogP contribution in [0.25, 0.3) is 0 Å². The number of para-hydroxylation sites is 3. The summed E-state index contributed by atoms with van der Waals surface area (Å²) in [6, 6.07) is 13.2. The highest BCUT2D eigenvalue weighted by Crippen LogP contribution is 2.41. The highest BCUT2D eigenvalue weighted by molar-refractivity contribution is 6.00. The monoisotopic (exact) mass is 424 g/mol. The molecule has 2 aliphatic heterocycles. The lowest BCUT2D eigenvalue weighted by molar-refractivity contribution is -0.125. The molecule has 0 spiro atoms. The van der Waals surface area contributed by atoms with Crippen LogP contribution in [0.3, 0.4) is 0 Å². The molecule has 2 amide bonds. The number of ether oxygens (including phenoxy) is 3. The molecule has 7 heteroatoms. The summed E-state index contributed by atoms with van der Waals surface area (Å²) in [5.41, 5.74) is 1.60. The Morgan fingerprint density at radius 3 is 2.87 bits per heavy atom. The van der Waals surface area contributed by atoms with Gasteiger partial charge < -0.3 is 24.4 Å². The van der Waals surface area contributed by atoms with Gasteiger partial charge in [0.1, 0.15) is 18.0 Å². The summed E-state index contributed by atoms with van der Waals surface area (Å²) in [4.78, 5) is 26.4. The Bertz CT molecular complexity index is 988. The lowest BCUT2D eigenvalue weighted by Gasteiger charge is -2.32. The van der Waals surface area contributed by atoms with Crippen LogP contribution in [0.5, 0.6) is 17.2 Å². The van der Waals surface area contributed by atoms with Gasteiger partial charge in [0.05, 0.1) is 12.2 Å². The summed E-state index contributed by atoms with van der Waals surface area (Å²) in [5, 5.41) is 2.85. The number of nitrogens with one attached hydrogen (secondary N) is 1. The van der Waals surface area contributed by atoms with Crippen molar-refractivity contribution in [3.8, 4) is 17.2 Å². The van der Waals surface area contributed by atoms with E-state index in [1.807, 2.05) is 42.5 Å². The lowest BCUT2D eigenvalue weighted by Crippen LogP contribution is -2.45. The minimum absolute atomic E-state index is 0.135.